The van der Waals surface area contributed by atoms with E-state index in [1.807, 2.05) is 18.5 Å². The number of H-pyrrole nitrogens is 1. The lowest BCUT2D eigenvalue weighted by Gasteiger charge is -2.38. The standard InChI is InChI=1S/C26H32FN5O/c1-26(2,27)17-32-13-9-21-20-5-3-4-6-22(20)30-23(21)24(32)19-15-28-25(29-16-19)31-11-7-18(8-12-31)10-14-33/h3-6,14-16,18,24,30H,7-13,17H2,1-2H3. The van der Waals surface area contributed by atoms with Crippen molar-refractivity contribution in [1.29, 1.82) is 0 Å². The maximum atomic E-state index is 14.7. The van der Waals surface area contributed by atoms with Gasteiger partial charge in [0, 0.05) is 67.2 Å². The summed E-state index contributed by atoms with van der Waals surface area (Å²) in [4.78, 5) is 28.3. The van der Waals surface area contributed by atoms with E-state index in [1.54, 1.807) is 13.8 Å². The van der Waals surface area contributed by atoms with Gasteiger partial charge in [0.05, 0.1) is 6.04 Å². The maximum absolute atomic E-state index is 14.7. The molecule has 1 N–H and O–H groups in total. The minimum atomic E-state index is -1.30. The Balaban J connectivity index is 1.44. The second kappa shape index (κ2) is 8.86. The van der Waals surface area contributed by atoms with Gasteiger partial charge in [-0.25, -0.2) is 14.4 Å². The first kappa shape index (κ1) is 22.0. The Hall–Kier alpha value is -2.80. The quantitative estimate of drug-likeness (QED) is 0.563. The number of carbonyl (C=O) groups excluding carboxylic acids is 1. The third kappa shape index (κ3) is 4.51. The lowest BCUT2D eigenvalue weighted by atomic mass is 9.92. The summed E-state index contributed by atoms with van der Waals surface area (Å²) in [5, 5.41) is 1.24. The summed E-state index contributed by atoms with van der Waals surface area (Å²) in [7, 11) is 0. The van der Waals surface area contributed by atoms with Crippen molar-refractivity contribution < 1.29 is 9.18 Å². The highest BCUT2D eigenvalue weighted by Gasteiger charge is 2.35. The predicted molar refractivity (Wildman–Crippen MR) is 128 cm³/mol. The Morgan fingerprint density at radius 1 is 1.15 bits per heavy atom. The van der Waals surface area contributed by atoms with Crippen molar-refractivity contribution in [2.45, 2.75) is 51.2 Å². The largest absolute Gasteiger partial charge is 0.357 e. The Kier molecular flexibility index (Phi) is 5.91. The SMILES string of the molecule is CC(C)(F)CN1CCc2c([nH]c3ccccc23)C1c1cnc(N2CCC(CC=O)CC2)nc1. The summed E-state index contributed by atoms with van der Waals surface area (Å²) in [5.41, 5.74) is 3.23. The van der Waals surface area contributed by atoms with Gasteiger partial charge in [-0.3, -0.25) is 4.90 Å². The van der Waals surface area contributed by atoms with Gasteiger partial charge in [-0.05, 0) is 50.7 Å². The van der Waals surface area contributed by atoms with Crippen molar-refractivity contribution in [2.24, 2.45) is 5.92 Å². The Morgan fingerprint density at radius 2 is 1.88 bits per heavy atom. The number of alkyl halides is 1. The number of hydrogen-bond donors (Lipinski definition) is 1. The Bertz CT molecular complexity index is 1110. The summed E-state index contributed by atoms with van der Waals surface area (Å²) >= 11 is 0. The van der Waals surface area contributed by atoms with Crippen LogP contribution in [0.4, 0.5) is 10.3 Å². The van der Waals surface area contributed by atoms with Gasteiger partial charge in [-0.15, -0.1) is 0 Å². The van der Waals surface area contributed by atoms with Crippen LogP contribution in [0, 0.1) is 5.92 Å². The number of nitrogens with one attached hydrogen (secondary N) is 1. The number of aromatic nitrogens is 3. The monoisotopic (exact) mass is 449 g/mol. The minimum absolute atomic E-state index is 0.108. The summed E-state index contributed by atoms with van der Waals surface area (Å²) in [6, 6.07) is 8.26. The molecule has 33 heavy (non-hydrogen) atoms. The molecule has 0 radical (unpaired) electrons. The van der Waals surface area contributed by atoms with Gasteiger partial charge in [-0.1, -0.05) is 18.2 Å². The molecule has 4 heterocycles. The van der Waals surface area contributed by atoms with E-state index in [-0.39, 0.29) is 6.04 Å². The van der Waals surface area contributed by atoms with Gasteiger partial charge in [0.25, 0.3) is 0 Å². The van der Waals surface area contributed by atoms with Crippen molar-refractivity contribution in [3.8, 4) is 0 Å². The van der Waals surface area contributed by atoms with E-state index < -0.39 is 5.67 Å². The van der Waals surface area contributed by atoms with Crippen molar-refractivity contribution in [3.05, 3.63) is 53.5 Å². The van der Waals surface area contributed by atoms with Gasteiger partial charge >= 0.3 is 0 Å². The summed E-state index contributed by atoms with van der Waals surface area (Å²) in [6.45, 7) is 6.15. The molecule has 2 aliphatic rings. The van der Waals surface area contributed by atoms with E-state index in [2.05, 4.69) is 33.0 Å². The molecule has 1 fully saturated rings. The number of aldehydes is 1. The lowest BCUT2D eigenvalue weighted by Crippen LogP contribution is -2.43. The molecular formula is C26H32FN5O. The van der Waals surface area contributed by atoms with E-state index in [0.29, 0.717) is 18.9 Å². The number of aromatic amines is 1. The van der Waals surface area contributed by atoms with Crippen LogP contribution in [0.3, 0.4) is 0 Å². The lowest BCUT2D eigenvalue weighted by molar-refractivity contribution is -0.108. The van der Waals surface area contributed by atoms with Crippen LogP contribution in [0.25, 0.3) is 10.9 Å². The van der Waals surface area contributed by atoms with Crippen LogP contribution in [-0.4, -0.2) is 58.0 Å². The second-order valence-electron chi connectivity index (χ2n) is 10.1. The average Bonchev–Trinajstić information content (AvgIpc) is 3.17. The van der Waals surface area contributed by atoms with E-state index >= 15 is 0 Å². The smallest absolute Gasteiger partial charge is 0.225 e. The molecule has 7 heteroatoms. The third-order valence-electron chi connectivity index (χ3n) is 7.01. The molecule has 2 aliphatic heterocycles. The molecular weight excluding hydrogens is 417 g/mol. The van der Waals surface area contributed by atoms with E-state index in [0.717, 1.165) is 67.9 Å². The fourth-order valence-corrected chi connectivity index (χ4v) is 5.46. The summed E-state index contributed by atoms with van der Waals surface area (Å²) in [5.74, 6) is 1.20. The molecule has 0 bridgehead atoms. The van der Waals surface area contributed by atoms with Crippen molar-refractivity contribution in [3.63, 3.8) is 0 Å². The number of para-hydroxylation sites is 1. The molecule has 1 aromatic carbocycles. The van der Waals surface area contributed by atoms with Crippen LogP contribution in [0.5, 0.6) is 0 Å². The third-order valence-corrected chi connectivity index (χ3v) is 7.01. The van der Waals surface area contributed by atoms with Crippen LogP contribution in [0.15, 0.2) is 36.7 Å². The molecule has 2 aromatic heterocycles. The summed E-state index contributed by atoms with van der Waals surface area (Å²) in [6.07, 6.45) is 8.35. The van der Waals surface area contributed by atoms with Crippen LogP contribution < -0.4 is 4.90 Å². The molecule has 1 saturated heterocycles. The van der Waals surface area contributed by atoms with Gasteiger partial charge in [0.1, 0.15) is 12.0 Å². The van der Waals surface area contributed by atoms with Crippen molar-refractivity contribution in [2.75, 3.05) is 31.1 Å². The topological polar surface area (TPSA) is 65.1 Å². The Labute approximate surface area is 194 Å². The molecule has 0 saturated carbocycles. The van der Waals surface area contributed by atoms with E-state index in [1.165, 1.54) is 10.9 Å². The fourth-order valence-electron chi connectivity index (χ4n) is 5.46. The van der Waals surface area contributed by atoms with Crippen LogP contribution in [0.2, 0.25) is 0 Å². The highest BCUT2D eigenvalue weighted by Crippen LogP contribution is 2.39. The number of benzene rings is 1. The van der Waals surface area contributed by atoms with E-state index in [9.17, 15) is 9.18 Å². The van der Waals surface area contributed by atoms with Gasteiger partial charge in [0.2, 0.25) is 5.95 Å². The predicted octanol–water partition coefficient (Wildman–Crippen LogP) is 4.46. The van der Waals surface area contributed by atoms with Crippen molar-refractivity contribution in [1.82, 2.24) is 19.9 Å². The van der Waals surface area contributed by atoms with Crippen molar-refractivity contribution >= 4 is 23.1 Å². The van der Waals surface area contributed by atoms with E-state index in [4.69, 9.17) is 9.97 Å². The van der Waals surface area contributed by atoms with Crippen LogP contribution in [0.1, 0.15) is 56.0 Å². The first-order valence-corrected chi connectivity index (χ1v) is 12.0. The molecule has 5 rings (SSSR count). The van der Waals surface area contributed by atoms with Gasteiger partial charge in [0.15, 0.2) is 0 Å². The zero-order valence-corrected chi connectivity index (χ0v) is 19.4. The molecule has 0 spiro atoms. The second-order valence-corrected chi connectivity index (χ2v) is 10.1. The summed E-state index contributed by atoms with van der Waals surface area (Å²) < 4.78 is 14.7. The maximum Gasteiger partial charge on any atom is 0.225 e. The molecule has 0 amide bonds. The molecule has 174 valence electrons. The zero-order chi connectivity index (χ0) is 23.0. The molecule has 1 unspecified atom stereocenters. The molecule has 3 aromatic rings. The van der Waals surface area contributed by atoms with Gasteiger partial charge in [-0.2, -0.15) is 0 Å². The number of anilines is 1. The normalized spacial score (nSPS) is 20.2. The number of piperidine rings is 1. The minimum Gasteiger partial charge on any atom is -0.357 e. The highest BCUT2D eigenvalue weighted by molar-refractivity contribution is 5.85. The first-order valence-electron chi connectivity index (χ1n) is 12.0. The average molecular weight is 450 g/mol. The first-order chi connectivity index (χ1) is 15.9. The Morgan fingerprint density at radius 3 is 2.58 bits per heavy atom. The number of hydrogen-bond acceptors (Lipinski definition) is 5. The number of fused-ring (bicyclic) bond motifs is 3. The van der Waals surface area contributed by atoms with Crippen LogP contribution in [-0.2, 0) is 11.2 Å². The molecule has 1 atom stereocenters. The zero-order valence-electron chi connectivity index (χ0n) is 19.4. The number of carbonyl (C=O) groups is 1. The van der Waals surface area contributed by atoms with Gasteiger partial charge < -0.3 is 14.7 Å². The fraction of sp³-hybridized carbons (Fsp3) is 0.500. The van der Waals surface area contributed by atoms with Crippen LogP contribution >= 0.6 is 0 Å². The highest BCUT2D eigenvalue weighted by atomic mass is 19.1. The molecule has 0 aliphatic carbocycles. The number of halogens is 1. The number of nitrogens with zero attached hydrogens (tertiary/aromatic N) is 4. The molecule has 6 nitrogen and oxygen atoms in total. The number of rotatable bonds is 6.